The van der Waals surface area contributed by atoms with Crippen molar-refractivity contribution in [2.75, 3.05) is 6.54 Å². The van der Waals surface area contributed by atoms with Gasteiger partial charge in [0.15, 0.2) is 0 Å². The van der Waals surface area contributed by atoms with Gasteiger partial charge in [0.2, 0.25) is 0 Å². The monoisotopic (exact) mass is 324 g/mol. The second-order valence-electron chi connectivity index (χ2n) is 7.73. The minimum Gasteiger partial charge on any atom is -0.375 e. The van der Waals surface area contributed by atoms with Gasteiger partial charge in [0, 0.05) is 12.8 Å². The van der Waals surface area contributed by atoms with Crippen molar-refractivity contribution in [3.05, 3.63) is 0 Å². The maximum Gasteiger partial charge on any atom is 0.150 e. The molecule has 23 heavy (non-hydrogen) atoms. The molecule has 4 N–H and O–H groups in total. The fraction of sp³-hybridized carbons (Fsp3) is 0.889. The molecule has 0 saturated heterocycles. The largest absolute Gasteiger partial charge is 0.375 e. The van der Waals surface area contributed by atoms with Gasteiger partial charge in [0.1, 0.15) is 17.3 Å². The Bertz CT molecular complexity index is 436. The molecule has 2 rings (SSSR count). The molecule has 0 aromatic heterocycles. The number of hydrogen-bond acceptors (Lipinski definition) is 5. The van der Waals surface area contributed by atoms with Crippen LogP contribution in [0.2, 0.25) is 0 Å². The fourth-order valence-corrected chi connectivity index (χ4v) is 4.08. The molecule has 0 aromatic rings. The van der Waals surface area contributed by atoms with Crippen LogP contribution in [0.3, 0.4) is 0 Å². The summed E-state index contributed by atoms with van der Waals surface area (Å²) in [4.78, 5) is 24.2. The van der Waals surface area contributed by atoms with Gasteiger partial charge in [-0.3, -0.25) is 9.59 Å². The molecule has 2 fully saturated rings. The van der Waals surface area contributed by atoms with Crippen LogP contribution in [0, 0.1) is 17.8 Å². The maximum atomic E-state index is 12.1. The van der Waals surface area contributed by atoms with Crippen molar-refractivity contribution in [2.24, 2.45) is 23.5 Å². The quantitative estimate of drug-likeness (QED) is 0.490. The number of nitrogens with one attached hydrogen (secondary N) is 1. The summed E-state index contributed by atoms with van der Waals surface area (Å²) < 4.78 is 0. The Morgan fingerprint density at radius 2 is 2.04 bits per heavy atom. The van der Waals surface area contributed by atoms with E-state index in [1.54, 1.807) is 0 Å². The summed E-state index contributed by atoms with van der Waals surface area (Å²) in [6.45, 7) is 5.07. The topological polar surface area (TPSA) is 92.4 Å². The average Bonchev–Trinajstić information content (AvgIpc) is 2.81. The van der Waals surface area contributed by atoms with Crippen molar-refractivity contribution in [1.29, 1.82) is 0 Å². The number of ketones is 2. The minimum absolute atomic E-state index is 0.0710. The molecule has 5 unspecified atom stereocenters. The van der Waals surface area contributed by atoms with Crippen molar-refractivity contribution < 1.29 is 14.7 Å². The van der Waals surface area contributed by atoms with Gasteiger partial charge in [-0.15, -0.1) is 0 Å². The van der Waals surface area contributed by atoms with E-state index in [4.69, 9.17) is 5.73 Å². The second kappa shape index (κ2) is 7.86. The molecule has 0 spiro atoms. The lowest BCUT2D eigenvalue weighted by molar-refractivity contribution is -0.138. The summed E-state index contributed by atoms with van der Waals surface area (Å²) in [5.74, 6) is 0.303. The zero-order valence-corrected chi connectivity index (χ0v) is 14.5. The van der Waals surface area contributed by atoms with E-state index < -0.39 is 11.6 Å². The molecule has 0 bridgehead atoms. The Labute approximate surface area is 139 Å². The summed E-state index contributed by atoms with van der Waals surface area (Å²) in [5.41, 5.74) is 4.66. The van der Waals surface area contributed by atoms with E-state index in [-0.39, 0.29) is 23.5 Å². The Hall–Kier alpha value is -0.780. The molecule has 132 valence electrons. The van der Waals surface area contributed by atoms with Crippen LogP contribution in [-0.2, 0) is 9.59 Å². The number of hydrogen-bond donors (Lipinski definition) is 3. The summed E-state index contributed by atoms with van der Waals surface area (Å²) in [6.07, 6.45) is 5.73. The molecule has 5 atom stereocenters. The van der Waals surface area contributed by atoms with E-state index in [2.05, 4.69) is 19.2 Å². The van der Waals surface area contributed by atoms with Gasteiger partial charge >= 0.3 is 0 Å². The van der Waals surface area contributed by atoms with Crippen LogP contribution < -0.4 is 11.1 Å². The van der Waals surface area contributed by atoms with Crippen LogP contribution in [0.4, 0.5) is 0 Å². The lowest BCUT2D eigenvalue weighted by Crippen LogP contribution is -2.53. The van der Waals surface area contributed by atoms with Gasteiger partial charge < -0.3 is 16.2 Å². The smallest absolute Gasteiger partial charge is 0.150 e. The lowest BCUT2D eigenvalue weighted by Gasteiger charge is -2.37. The normalized spacial score (nSPS) is 34.6. The number of nitrogens with two attached hydrogens (primary N) is 1. The van der Waals surface area contributed by atoms with E-state index in [0.29, 0.717) is 31.6 Å². The van der Waals surface area contributed by atoms with Gasteiger partial charge in [0.25, 0.3) is 0 Å². The van der Waals surface area contributed by atoms with E-state index >= 15 is 0 Å². The van der Waals surface area contributed by atoms with Crippen molar-refractivity contribution in [3.8, 4) is 0 Å². The van der Waals surface area contributed by atoms with Crippen molar-refractivity contribution in [2.45, 2.75) is 77.0 Å². The van der Waals surface area contributed by atoms with E-state index in [1.165, 1.54) is 0 Å². The fourth-order valence-electron chi connectivity index (χ4n) is 4.08. The zero-order valence-electron chi connectivity index (χ0n) is 14.5. The van der Waals surface area contributed by atoms with Gasteiger partial charge in [-0.05, 0) is 50.5 Å². The number of carbonyl (C=O) groups is 2. The van der Waals surface area contributed by atoms with Crippen LogP contribution in [0.5, 0.6) is 0 Å². The molecule has 2 aliphatic rings. The second-order valence-corrected chi connectivity index (χ2v) is 7.73. The number of Topliss-reactive ketones (excluding diaryl/α,β-unsaturated/α-hetero) is 2. The molecule has 0 radical (unpaired) electrons. The molecular weight excluding hydrogens is 292 g/mol. The maximum absolute atomic E-state index is 12.1. The molecule has 0 amide bonds. The predicted molar refractivity (Wildman–Crippen MR) is 89.7 cm³/mol. The summed E-state index contributed by atoms with van der Waals surface area (Å²) >= 11 is 0. The van der Waals surface area contributed by atoms with E-state index in [1.807, 2.05) is 0 Å². The van der Waals surface area contributed by atoms with Gasteiger partial charge in [-0.25, -0.2) is 0 Å². The highest BCUT2D eigenvalue weighted by Crippen LogP contribution is 2.37. The predicted octanol–water partition coefficient (Wildman–Crippen LogP) is 1.77. The first-order valence-electron chi connectivity index (χ1n) is 9.13. The molecule has 0 aromatic carbocycles. The molecule has 2 saturated carbocycles. The Morgan fingerprint density at radius 3 is 2.74 bits per heavy atom. The highest BCUT2D eigenvalue weighted by molar-refractivity contribution is 5.86. The Kier molecular flexibility index (Phi) is 6.34. The molecule has 0 heterocycles. The molecule has 5 nitrogen and oxygen atoms in total. The van der Waals surface area contributed by atoms with E-state index in [0.717, 1.165) is 32.2 Å². The third-order valence-corrected chi connectivity index (χ3v) is 5.50. The third-order valence-electron chi connectivity index (χ3n) is 5.50. The van der Waals surface area contributed by atoms with Crippen LogP contribution in [0.25, 0.3) is 0 Å². The van der Waals surface area contributed by atoms with Crippen LogP contribution in [0.15, 0.2) is 0 Å². The van der Waals surface area contributed by atoms with E-state index in [9.17, 15) is 14.7 Å². The van der Waals surface area contributed by atoms with Gasteiger partial charge in [-0.2, -0.15) is 0 Å². The first kappa shape index (κ1) is 18.6. The number of rotatable bonds is 7. The highest BCUT2D eigenvalue weighted by atomic mass is 16.3. The minimum atomic E-state index is -1.48. The Morgan fingerprint density at radius 1 is 1.30 bits per heavy atom. The van der Waals surface area contributed by atoms with Crippen LogP contribution in [0.1, 0.15) is 65.2 Å². The lowest BCUT2D eigenvalue weighted by atomic mass is 9.73. The van der Waals surface area contributed by atoms with Crippen LogP contribution in [-0.4, -0.2) is 35.0 Å². The third kappa shape index (κ3) is 4.85. The number of carbonyl (C=O) groups excluding carboxylic acids is 2. The summed E-state index contributed by atoms with van der Waals surface area (Å²) in [6, 6.07) is -0.108. The molecule has 2 aliphatic carbocycles. The first-order valence-corrected chi connectivity index (χ1v) is 9.13. The summed E-state index contributed by atoms with van der Waals surface area (Å²) in [5, 5.41) is 14.0. The average molecular weight is 324 g/mol. The standard InChI is InChI=1S/C18H32N2O3/c1-3-4-7-20-15-9-13(10-17(15)22)11-18(19,23)14-8-12(2)5-6-16(14)21/h12-15,20,23H,3-11,19H2,1-2H3. The van der Waals surface area contributed by atoms with Crippen molar-refractivity contribution in [1.82, 2.24) is 5.32 Å². The zero-order chi connectivity index (χ0) is 17.0. The van der Waals surface area contributed by atoms with Crippen LogP contribution >= 0.6 is 0 Å². The number of aliphatic hydroxyl groups is 1. The Balaban J connectivity index is 1.90. The van der Waals surface area contributed by atoms with Gasteiger partial charge in [-0.1, -0.05) is 20.3 Å². The summed E-state index contributed by atoms with van der Waals surface area (Å²) in [7, 11) is 0. The molecule has 0 aliphatic heterocycles. The van der Waals surface area contributed by atoms with Gasteiger partial charge in [0.05, 0.1) is 12.0 Å². The SMILES string of the molecule is CCCCNC1CC(CC(N)(O)C2CC(C)CCC2=O)CC1=O. The van der Waals surface area contributed by atoms with Crippen molar-refractivity contribution >= 4 is 11.6 Å². The first-order chi connectivity index (χ1) is 10.8. The van der Waals surface area contributed by atoms with Crippen molar-refractivity contribution in [3.63, 3.8) is 0 Å². The highest BCUT2D eigenvalue weighted by Gasteiger charge is 2.44. The number of unbranched alkanes of at least 4 members (excludes halogenated alkanes) is 1. The molecular formula is C18H32N2O3. The molecule has 5 heteroatoms.